The van der Waals surface area contributed by atoms with Gasteiger partial charge in [-0.1, -0.05) is 6.07 Å². The molecule has 0 spiro atoms. The summed E-state index contributed by atoms with van der Waals surface area (Å²) in [5, 5.41) is 3.42. The Labute approximate surface area is 127 Å². The number of morpholine rings is 1. The zero-order valence-electron chi connectivity index (χ0n) is 12.8. The number of piperidine rings is 1. The fourth-order valence-electron chi connectivity index (χ4n) is 3.41. The Morgan fingerprint density at radius 3 is 2.90 bits per heavy atom. The van der Waals surface area contributed by atoms with Gasteiger partial charge in [-0.2, -0.15) is 0 Å². The maximum Gasteiger partial charge on any atom is 0.0700 e. The van der Waals surface area contributed by atoms with Crippen molar-refractivity contribution in [3.8, 4) is 0 Å². The molecule has 2 fully saturated rings. The average Bonchev–Trinajstić information content (AvgIpc) is 2.56. The van der Waals surface area contributed by atoms with Gasteiger partial charge in [0.25, 0.3) is 0 Å². The van der Waals surface area contributed by atoms with E-state index >= 15 is 0 Å². The van der Waals surface area contributed by atoms with Crippen LogP contribution in [0, 0.1) is 5.92 Å². The summed E-state index contributed by atoms with van der Waals surface area (Å²) in [7, 11) is 0. The summed E-state index contributed by atoms with van der Waals surface area (Å²) >= 11 is 0. The molecule has 0 saturated carbocycles. The fourth-order valence-corrected chi connectivity index (χ4v) is 3.41. The first-order chi connectivity index (χ1) is 10.4. The number of ether oxygens (including phenoxy) is 1. The molecule has 4 nitrogen and oxygen atoms in total. The fraction of sp³-hybridized carbons (Fsp3) is 0.706. The van der Waals surface area contributed by atoms with E-state index < -0.39 is 0 Å². The lowest BCUT2D eigenvalue weighted by atomic mass is 9.90. The van der Waals surface area contributed by atoms with Crippen molar-refractivity contribution < 1.29 is 4.74 Å². The number of rotatable bonds is 5. The second kappa shape index (κ2) is 7.87. The van der Waals surface area contributed by atoms with Crippen LogP contribution in [0.25, 0.3) is 0 Å². The number of aromatic nitrogens is 1. The van der Waals surface area contributed by atoms with E-state index in [9.17, 15) is 0 Å². The Hall–Kier alpha value is -0.970. The minimum atomic E-state index is 0.451. The van der Waals surface area contributed by atoms with Crippen LogP contribution < -0.4 is 5.32 Å². The SMILES string of the molecule is c1cncc(CN2CCC(CCC3CNCCO3)CC2)c1. The first-order valence-electron chi connectivity index (χ1n) is 8.34. The maximum atomic E-state index is 5.79. The van der Waals surface area contributed by atoms with Crippen LogP contribution in [0.2, 0.25) is 0 Å². The van der Waals surface area contributed by atoms with Crippen molar-refractivity contribution in [1.29, 1.82) is 0 Å². The number of pyridine rings is 1. The van der Waals surface area contributed by atoms with Crippen molar-refractivity contribution in [2.75, 3.05) is 32.8 Å². The van der Waals surface area contributed by atoms with E-state index in [0.717, 1.165) is 32.2 Å². The Morgan fingerprint density at radius 1 is 1.29 bits per heavy atom. The Balaban J connectivity index is 1.35. The molecule has 1 unspecified atom stereocenters. The maximum absolute atomic E-state index is 5.79. The lowest BCUT2D eigenvalue weighted by Gasteiger charge is -2.33. The molecule has 2 aliphatic rings. The first kappa shape index (κ1) is 14.9. The third-order valence-corrected chi connectivity index (χ3v) is 4.74. The van der Waals surface area contributed by atoms with E-state index in [2.05, 4.69) is 21.3 Å². The number of hydrogen-bond donors (Lipinski definition) is 1. The predicted molar refractivity (Wildman–Crippen MR) is 84.1 cm³/mol. The van der Waals surface area contributed by atoms with Crippen LogP contribution in [-0.4, -0.2) is 48.8 Å². The summed E-state index contributed by atoms with van der Waals surface area (Å²) in [6.45, 7) is 6.44. The van der Waals surface area contributed by atoms with Gasteiger partial charge in [-0.05, 0) is 56.3 Å². The summed E-state index contributed by atoms with van der Waals surface area (Å²) in [6, 6.07) is 4.20. The van der Waals surface area contributed by atoms with E-state index in [0.29, 0.717) is 6.10 Å². The number of nitrogens with zero attached hydrogens (tertiary/aromatic N) is 2. The highest BCUT2D eigenvalue weighted by atomic mass is 16.5. The summed E-state index contributed by atoms with van der Waals surface area (Å²) in [4.78, 5) is 6.76. The number of nitrogens with one attached hydrogen (secondary N) is 1. The molecule has 3 rings (SSSR count). The smallest absolute Gasteiger partial charge is 0.0700 e. The molecule has 21 heavy (non-hydrogen) atoms. The van der Waals surface area contributed by atoms with Crippen LogP contribution in [0.1, 0.15) is 31.2 Å². The van der Waals surface area contributed by atoms with E-state index in [1.54, 1.807) is 0 Å². The van der Waals surface area contributed by atoms with Crippen LogP contribution in [0.15, 0.2) is 24.5 Å². The minimum Gasteiger partial charge on any atom is -0.376 e. The highest BCUT2D eigenvalue weighted by Crippen LogP contribution is 2.24. The molecule has 0 aromatic carbocycles. The Morgan fingerprint density at radius 2 is 2.19 bits per heavy atom. The number of hydrogen-bond acceptors (Lipinski definition) is 4. The molecule has 0 amide bonds. The van der Waals surface area contributed by atoms with Gasteiger partial charge >= 0.3 is 0 Å². The molecular weight excluding hydrogens is 262 g/mol. The zero-order chi connectivity index (χ0) is 14.3. The second-order valence-electron chi connectivity index (χ2n) is 6.36. The van der Waals surface area contributed by atoms with Crippen LogP contribution in [0.4, 0.5) is 0 Å². The monoisotopic (exact) mass is 289 g/mol. The van der Waals surface area contributed by atoms with Crippen molar-refractivity contribution in [3.05, 3.63) is 30.1 Å². The highest BCUT2D eigenvalue weighted by molar-refractivity contribution is 5.08. The minimum absolute atomic E-state index is 0.451. The van der Waals surface area contributed by atoms with Gasteiger partial charge in [0.15, 0.2) is 0 Å². The Kier molecular flexibility index (Phi) is 5.60. The summed E-state index contributed by atoms with van der Waals surface area (Å²) in [5.41, 5.74) is 1.33. The predicted octanol–water partition coefficient (Wildman–Crippen LogP) is 2.06. The van der Waals surface area contributed by atoms with Gasteiger partial charge in [-0.15, -0.1) is 0 Å². The zero-order valence-corrected chi connectivity index (χ0v) is 12.8. The van der Waals surface area contributed by atoms with Gasteiger partial charge in [-0.3, -0.25) is 9.88 Å². The lowest BCUT2D eigenvalue weighted by molar-refractivity contribution is 0.0175. The van der Waals surface area contributed by atoms with Crippen LogP contribution >= 0.6 is 0 Å². The molecule has 1 atom stereocenters. The van der Waals surface area contributed by atoms with Crippen LogP contribution in [0.3, 0.4) is 0 Å². The van der Waals surface area contributed by atoms with E-state index in [1.165, 1.54) is 44.3 Å². The topological polar surface area (TPSA) is 37.4 Å². The molecule has 0 bridgehead atoms. The summed E-state index contributed by atoms with van der Waals surface area (Å²) in [5.74, 6) is 0.890. The Bertz CT molecular complexity index is 398. The van der Waals surface area contributed by atoms with Crippen molar-refractivity contribution in [3.63, 3.8) is 0 Å². The lowest BCUT2D eigenvalue weighted by Crippen LogP contribution is -2.39. The van der Waals surface area contributed by atoms with Crippen LogP contribution in [0.5, 0.6) is 0 Å². The van der Waals surface area contributed by atoms with Gasteiger partial charge in [-0.25, -0.2) is 0 Å². The molecule has 2 aliphatic heterocycles. The first-order valence-corrected chi connectivity index (χ1v) is 8.34. The quantitative estimate of drug-likeness (QED) is 0.900. The summed E-state index contributed by atoms with van der Waals surface area (Å²) < 4.78 is 5.79. The third kappa shape index (κ3) is 4.77. The average molecular weight is 289 g/mol. The molecule has 1 aromatic rings. The molecular formula is C17H27N3O. The molecule has 4 heteroatoms. The van der Waals surface area contributed by atoms with Gasteiger partial charge in [0.2, 0.25) is 0 Å². The van der Waals surface area contributed by atoms with Crippen molar-refractivity contribution in [1.82, 2.24) is 15.2 Å². The van der Waals surface area contributed by atoms with Crippen molar-refractivity contribution in [2.24, 2.45) is 5.92 Å². The molecule has 0 radical (unpaired) electrons. The highest BCUT2D eigenvalue weighted by Gasteiger charge is 2.21. The van der Waals surface area contributed by atoms with E-state index in [4.69, 9.17) is 4.74 Å². The molecule has 1 N–H and O–H groups in total. The molecule has 2 saturated heterocycles. The van der Waals surface area contributed by atoms with Crippen molar-refractivity contribution in [2.45, 2.75) is 38.3 Å². The van der Waals surface area contributed by atoms with Gasteiger partial charge in [0, 0.05) is 32.0 Å². The van der Waals surface area contributed by atoms with Gasteiger partial charge in [0.1, 0.15) is 0 Å². The molecule has 1 aromatic heterocycles. The van der Waals surface area contributed by atoms with E-state index in [1.807, 2.05) is 18.5 Å². The van der Waals surface area contributed by atoms with Crippen LogP contribution in [-0.2, 0) is 11.3 Å². The standard InChI is InChI=1S/C17H27N3O/c1-2-16(12-18-7-1)14-20-9-5-15(6-10-20)3-4-17-13-19-8-11-21-17/h1-2,7,12,15,17,19H,3-6,8-11,13-14H2. The second-order valence-corrected chi connectivity index (χ2v) is 6.36. The number of likely N-dealkylation sites (tertiary alicyclic amines) is 1. The molecule has 3 heterocycles. The largest absolute Gasteiger partial charge is 0.376 e. The van der Waals surface area contributed by atoms with Crippen molar-refractivity contribution >= 4 is 0 Å². The van der Waals surface area contributed by atoms with Gasteiger partial charge < -0.3 is 10.1 Å². The summed E-state index contributed by atoms with van der Waals surface area (Å²) in [6.07, 6.45) is 9.50. The van der Waals surface area contributed by atoms with Gasteiger partial charge in [0.05, 0.1) is 12.7 Å². The molecule has 0 aliphatic carbocycles. The molecule has 116 valence electrons. The normalized spacial score (nSPS) is 25.0. The third-order valence-electron chi connectivity index (χ3n) is 4.74. The van der Waals surface area contributed by atoms with E-state index in [-0.39, 0.29) is 0 Å².